The predicted molar refractivity (Wildman–Crippen MR) is 40.0 cm³/mol. The van der Waals surface area contributed by atoms with Crippen molar-refractivity contribution in [2.24, 2.45) is 0 Å². The van der Waals surface area contributed by atoms with Crippen LogP contribution in [0.2, 0.25) is 0 Å². The molecular formula is C9H9O. The number of carbonyl (C=O) groups is 1. The zero-order valence-corrected chi connectivity index (χ0v) is 5.92. The average Bonchev–Trinajstić information content (AvgIpc) is 2.04. The van der Waals surface area contributed by atoms with E-state index in [9.17, 15) is 4.79 Å². The Morgan fingerprint density at radius 2 is 2.50 bits per heavy atom. The standard InChI is InChI=1S/C9H9O/c1-2-8-5-3-4-6-9(8)7-10/h3-5,7H,2H2,1H3. The monoisotopic (exact) mass is 133 g/mol. The van der Waals surface area contributed by atoms with E-state index in [1.807, 2.05) is 19.1 Å². The van der Waals surface area contributed by atoms with Crippen LogP contribution in [-0.2, 0) is 6.42 Å². The molecule has 1 radical (unpaired) electrons. The zero-order chi connectivity index (χ0) is 7.40. The summed E-state index contributed by atoms with van der Waals surface area (Å²) in [4.78, 5) is 10.4. The van der Waals surface area contributed by atoms with Crippen LogP contribution in [0.5, 0.6) is 0 Å². The fourth-order valence-electron chi connectivity index (χ4n) is 0.903. The van der Waals surface area contributed by atoms with E-state index in [0.717, 1.165) is 18.3 Å². The normalized spacial score (nSPS) is 9.30. The highest BCUT2D eigenvalue weighted by atomic mass is 16.1. The first kappa shape index (κ1) is 7.00. The molecule has 0 heterocycles. The minimum Gasteiger partial charge on any atom is -0.298 e. The summed E-state index contributed by atoms with van der Waals surface area (Å²) in [5, 5.41) is 0. The van der Waals surface area contributed by atoms with E-state index in [-0.39, 0.29) is 0 Å². The highest BCUT2D eigenvalue weighted by Gasteiger charge is 1.95. The summed E-state index contributed by atoms with van der Waals surface area (Å²) in [6.07, 6.45) is 1.74. The molecule has 10 heavy (non-hydrogen) atoms. The van der Waals surface area contributed by atoms with Gasteiger partial charge in [0.05, 0.1) is 0 Å². The van der Waals surface area contributed by atoms with Crippen LogP contribution in [0.15, 0.2) is 18.2 Å². The first-order valence-electron chi connectivity index (χ1n) is 3.33. The molecule has 0 aliphatic carbocycles. The van der Waals surface area contributed by atoms with Gasteiger partial charge in [0.25, 0.3) is 0 Å². The molecule has 1 aromatic carbocycles. The van der Waals surface area contributed by atoms with Gasteiger partial charge < -0.3 is 0 Å². The van der Waals surface area contributed by atoms with E-state index in [4.69, 9.17) is 0 Å². The minimum atomic E-state index is 0.685. The molecule has 0 fully saturated rings. The highest BCUT2D eigenvalue weighted by Crippen LogP contribution is 2.04. The van der Waals surface area contributed by atoms with Crippen LogP contribution in [0, 0.1) is 6.07 Å². The largest absolute Gasteiger partial charge is 0.298 e. The van der Waals surface area contributed by atoms with Gasteiger partial charge in [-0.3, -0.25) is 4.79 Å². The molecule has 0 saturated carbocycles. The maximum atomic E-state index is 10.4. The fourth-order valence-corrected chi connectivity index (χ4v) is 0.903. The van der Waals surface area contributed by atoms with Gasteiger partial charge in [0.1, 0.15) is 0 Å². The van der Waals surface area contributed by atoms with Gasteiger partial charge in [-0.05, 0) is 18.1 Å². The average molecular weight is 133 g/mol. The van der Waals surface area contributed by atoms with Crippen molar-refractivity contribution >= 4 is 6.29 Å². The molecule has 0 aromatic heterocycles. The summed E-state index contributed by atoms with van der Waals surface area (Å²) in [6, 6.07) is 8.46. The predicted octanol–water partition coefficient (Wildman–Crippen LogP) is 1.86. The molecule has 0 N–H and O–H groups in total. The number of aryl methyl sites for hydroxylation is 1. The number of hydrogen-bond donors (Lipinski definition) is 0. The Bertz CT molecular complexity index is 228. The topological polar surface area (TPSA) is 17.1 Å². The summed E-state index contributed by atoms with van der Waals surface area (Å²) in [6.45, 7) is 2.02. The quantitative estimate of drug-likeness (QED) is 0.563. The Morgan fingerprint density at radius 3 is 3.00 bits per heavy atom. The molecule has 1 nitrogen and oxygen atoms in total. The van der Waals surface area contributed by atoms with E-state index < -0.39 is 0 Å². The lowest BCUT2D eigenvalue weighted by atomic mass is 10.1. The molecule has 51 valence electrons. The van der Waals surface area contributed by atoms with Crippen LogP contribution in [0.1, 0.15) is 22.8 Å². The van der Waals surface area contributed by atoms with Gasteiger partial charge in [0, 0.05) is 5.56 Å². The second kappa shape index (κ2) is 3.16. The van der Waals surface area contributed by atoms with Gasteiger partial charge in [0.15, 0.2) is 6.29 Å². The molecular weight excluding hydrogens is 124 g/mol. The summed E-state index contributed by atoms with van der Waals surface area (Å²) in [5.41, 5.74) is 1.75. The summed E-state index contributed by atoms with van der Waals surface area (Å²) in [5.74, 6) is 0. The third-order valence-electron chi connectivity index (χ3n) is 1.48. The van der Waals surface area contributed by atoms with Gasteiger partial charge in [-0.2, -0.15) is 0 Å². The third-order valence-corrected chi connectivity index (χ3v) is 1.48. The van der Waals surface area contributed by atoms with E-state index in [2.05, 4.69) is 6.07 Å². The molecule has 1 heteroatoms. The lowest BCUT2D eigenvalue weighted by molar-refractivity contribution is 0.112. The molecule has 0 aliphatic rings. The van der Waals surface area contributed by atoms with Crippen molar-refractivity contribution in [3.63, 3.8) is 0 Å². The number of aldehydes is 1. The molecule has 0 atom stereocenters. The summed E-state index contributed by atoms with van der Waals surface area (Å²) in [7, 11) is 0. The van der Waals surface area contributed by atoms with Gasteiger partial charge >= 0.3 is 0 Å². The third kappa shape index (κ3) is 1.24. The van der Waals surface area contributed by atoms with Crippen molar-refractivity contribution < 1.29 is 4.79 Å². The first-order chi connectivity index (χ1) is 4.88. The van der Waals surface area contributed by atoms with Crippen LogP contribution >= 0.6 is 0 Å². The van der Waals surface area contributed by atoms with Crippen molar-refractivity contribution in [2.45, 2.75) is 13.3 Å². The number of hydrogen-bond acceptors (Lipinski definition) is 1. The van der Waals surface area contributed by atoms with Gasteiger partial charge in [-0.15, -0.1) is 0 Å². The van der Waals surface area contributed by atoms with Gasteiger partial charge in [0.2, 0.25) is 0 Å². The molecule has 1 aromatic rings. The van der Waals surface area contributed by atoms with Crippen molar-refractivity contribution in [1.82, 2.24) is 0 Å². The maximum absolute atomic E-state index is 10.4. The Kier molecular flexibility index (Phi) is 2.21. The summed E-state index contributed by atoms with van der Waals surface area (Å²) >= 11 is 0. The summed E-state index contributed by atoms with van der Waals surface area (Å²) < 4.78 is 0. The van der Waals surface area contributed by atoms with Crippen LogP contribution in [-0.4, -0.2) is 6.29 Å². The van der Waals surface area contributed by atoms with E-state index >= 15 is 0 Å². The lowest BCUT2D eigenvalue weighted by Crippen LogP contribution is -1.88. The van der Waals surface area contributed by atoms with Crippen molar-refractivity contribution in [2.75, 3.05) is 0 Å². The first-order valence-corrected chi connectivity index (χ1v) is 3.33. The van der Waals surface area contributed by atoms with Crippen molar-refractivity contribution in [3.05, 3.63) is 35.4 Å². The van der Waals surface area contributed by atoms with Crippen LogP contribution in [0.3, 0.4) is 0 Å². The molecule has 0 bridgehead atoms. The smallest absolute Gasteiger partial charge is 0.150 e. The Balaban J connectivity index is 3.08. The van der Waals surface area contributed by atoms with Gasteiger partial charge in [-0.1, -0.05) is 25.1 Å². The number of benzene rings is 1. The van der Waals surface area contributed by atoms with Crippen LogP contribution < -0.4 is 0 Å². The Hall–Kier alpha value is -1.11. The zero-order valence-electron chi connectivity index (χ0n) is 5.92. The minimum absolute atomic E-state index is 0.685. The Labute approximate surface area is 60.7 Å². The SMILES string of the molecule is CCc1ccc[c]c1C=O. The van der Waals surface area contributed by atoms with Crippen molar-refractivity contribution in [3.8, 4) is 0 Å². The lowest BCUT2D eigenvalue weighted by Gasteiger charge is -1.96. The second-order valence-electron chi connectivity index (χ2n) is 2.08. The highest BCUT2D eigenvalue weighted by molar-refractivity contribution is 5.76. The Morgan fingerprint density at radius 1 is 1.70 bits per heavy atom. The number of carbonyl (C=O) groups excluding carboxylic acids is 1. The van der Waals surface area contributed by atoms with E-state index in [1.165, 1.54) is 0 Å². The fraction of sp³-hybridized carbons (Fsp3) is 0.222. The molecule has 0 amide bonds. The van der Waals surface area contributed by atoms with E-state index in [0.29, 0.717) is 5.56 Å². The molecule has 1 rings (SSSR count). The number of rotatable bonds is 2. The second-order valence-corrected chi connectivity index (χ2v) is 2.08. The van der Waals surface area contributed by atoms with Crippen molar-refractivity contribution in [1.29, 1.82) is 0 Å². The van der Waals surface area contributed by atoms with Crippen LogP contribution in [0.25, 0.3) is 0 Å². The van der Waals surface area contributed by atoms with Crippen LogP contribution in [0.4, 0.5) is 0 Å². The maximum Gasteiger partial charge on any atom is 0.150 e. The molecule has 0 aliphatic heterocycles. The van der Waals surface area contributed by atoms with Gasteiger partial charge in [-0.25, -0.2) is 0 Å². The molecule has 0 unspecified atom stereocenters. The molecule has 0 spiro atoms. The van der Waals surface area contributed by atoms with E-state index in [1.54, 1.807) is 6.07 Å². The molecule has 0 saturated heterocycles.